The van der Waals surface area contributed by atoms with E-state index in [-0.39, 0.29) is 30.1 Å². The summed E-state index contributed by atoms with van der Waals surface area (Å²) in [7, 11) is 0. The number of nitrogens with zero attached hydrogens (tertiary/aromatic N) is 1. The first-order chi connectivity index (χ1) is 7.08. The van der Waals surface area contributed by atoms with Crippen molar-refractivity contribution in [3.05, 3.63) is 10.1 Å². The summed E-state index contributed by atoms with van der Waals surface area (Å²) in [6.45, 7) is -0.530. The minimum absolute atomic E-state index is 0. The van der Waals surface area contributed by atoms with Crippen LogP contribution in [0.25, 0.3) is 0 Å². The first kappa shape index (κ1) is 15.3. The highest BCUT2D eigenvalue weighted by atomic mass is 79.9. The normalized spacial score (nSPS) is 18.3. The maximum absolute atomic E-state index is 11.1. The van der Waals surface area contributed by atoms with Gasteiger partial charge in [0.25, 0.3) is 0 Å². The lowest BCUT2D eigenvalue weighted by molar-refractivity contribution is -0.501. The van der Waals surface area contributed by atoms with Gasteiger partial charge in [0.1, 0.15) is 0 Å². The predicted octanol–water partition coefficient (Wildman–Crippen LogP) is 1.05. The summed E-state index contributed by atoms with van der Waals surface area (Å²) in [5.41, 5.74) is 4.23. The maximum Gasteiger partial charge on any atom is 0.320 e. The van der Waals surface area contributed by atoms with Crippen molar-refractivity contribution in [1.29, 1.82) is 0 Å². The van der Waals surface area contributed by atoms with Gasteiger partial charge in [0.2, 0.25) is 6.54 Å². The van der Waals surface area contributed by atoms with Crippen LogP contribution in [0.3, 0.4) is 0 Å². The van der Waals surface area contributed by atoms with Gasteiger partial charge >= 0.3 is 5.97 Å². The van der Waals surface area contributed by atoms with Crippen molar-refractivity contribution in [2.24, 2.45) is 5.73 Å². The third-order valence-electron chi connectivity index (χ3n) is 2.68. The second-order valence-electron chi connectivity index (χ2n) is 3.91. The second-order valence-corrected chi connectivity index (χ2v) is 3.91. The lowest BCUT2D eigenvalue weighted by atomic mass is 9.84. The van der Waals surface area contributed by atoms with E-state index in [4.69, 9.17) is 10.5 Å². The second kappa shape index (κ2) is 6.80. The van der Waals surface area contributed by atoms with Crippen LogP contribution in [0.15, 0.2) is 0 Å². The third-order valence-corrected chi connectivity index (χ3v) is 2.68. The molecule has 7 heteroatoms. The zero-order chi connectivity index (χ0) is 11.3. The van der Waals surface area contributed by atoms with Crippen LogP contribution in [0.1, 0.15) is 32.1 Å². The molecule has 0 radical (unpaired) electrons. The van der Waals surface area contributed by atoms with Gasteiger partial charge in [-0.1, -0.05) is 6.42 Å². The average molecular weight is 297 g/mol. The van der Waals surface area contributed by atoms with Gasteiger partial charge in [0.05, 0.1) is 6.54 Å². The first-order valence-corrected chi connectivity index (χ1v) is 5.12. The van der Waals surface area contributed by atoms with Gasteiger partial charge in [-0.3, -0.25) is 14.9 Å². The van der Waals surface area contributed by atoms with Crippen molar-refractivity contribution in [2.45, 2.75) is 37.7 Å². The molecule has 0 saturated heterocycles. The Kier molecular flexibility index (Phi) is 6.51. The zero-order valence-electron chi connectivity index (χ0n) is 9.02. The largest absolute Gasteiger partial charge is 0.451 e. The molecule has 94 valence electrons. The van der Waals surface area contributed by atoms with E-state index in [9.17, 15) is 14.9 Å². The Hall–Kier alpha value is -0.690. The Labute approximate surface area is 104 Å². The quantitative estimate of drug-likeness (QED) is 0.475. The van der Waals surface area contributed by atoms with E-state index in [0.29, 0.717) is 12.8 Å². The minimum Gasteiger partial charge on any atom is -0.451 e. The molecule has 6 nitrogen and oxygen atoms in total. The Morgan fingerprint density at radius 3 is 2.38 bits per heavy atom. The molecule has 1 aliphatic rings. The van der Waals surface area contributed by atoms with E-state index in [1.807, 2.05) is 0 Å². The molecule has 0 amide bonds. The number of halogens is 1. The van der Waals surface area contributed by atoms with Crippen molar-refractivity contribution >= 4 is 23.0 Å². The van der Waals surface area contributed by atoms with Crippen LogP contribution in [-0.4, -0.2) is 29.6 Å². The molecular weight excluding hydrogens is 280 g/mol. The van der Waals surface area contributed by atoms with E-state index in [0.717, 1.165) is 19.3 Å². The topological polar surface area (TPSA) is 95.5 Å². The Morgan fingerprint density at radius 1 is 1.38 bits per heavy atom. The number of hydrogen-bond acceptors (Lipinski definition) is 5. The SMILES string of the molecule is Br.NCC(=O)OC1(C[N+](=O)[O-])CCCCC1. The summed E-state index contributed by atoms with van der Waals surface area (Å²) in [4.78, 5) is 21.2. The lowest BCUT2D eigenvalue weighted by Gasteiger charge is -2.32. The molecule has 1 fully saturated rings. The van der Waals surface area contributed by atoms with Gasteiger partial charge in [-0.2, -0.15) is 0 Å². The van der Waals surface area contributed by atoms with Crippen LogP contribution < -0.4 is 5.73 Å². The monoisotopic (exact) mass is 296 g/mol. The fourth-order valence-corrected chi connectivity index (χ4v) is 2.01. The van der Waals surface area contributed by atoms with Crippen molar-refractivity contribution in [1.82, 2.24) is 0 Å². The number of carbonyl (C=O) groups excluding carboxylic acids is 1. The third kappa shape index (κ3) is 4.44. The molecule has 0 aromatic rings. The highest BCUT2D eigenvalue weighted by Gasteiger charge is 2.40. The lowest BCUT2D eigenvalue weighted by Crippen LogP contribution is -2.44. The van der Waals surface area contributed by atoms with Crippen LogP contribution in [0.4, 0.5) is 0 Å². The highest BCUT2D eigenvalue weighted by molar-refractivity contribution is 8.93. The van der Waals surface area contributed by atoms with Crippen molar-refractivity contribution in [3.8, 4) is 0 Å². The molecular formula is C9H17BrN2O4. The van der Waals surface area contributed by atoms with Crippen molar-refractivity contribution in [2.75, 3.05) is 13.1 Å². The molecule has 0 heterocycles. The van der Waals surface area contributed by atoms with E-state index < -0.39 is 16.5 Å². The highest BCUT2D eigenvalue weighted by Crippen LogP contribution is 2.31. The molecule has 2 N–H and O–H groups in total. The van der Waals surface area contributed by atoms with E-state index in [1.165, 1.54) is 0 Å². The summed E-state index contributed by atoms with van der Waals surface area (Å²) < 4.78 is 5.13. The van der Waals surface area contributed by atoms with Crippen molar-refractivity contribution in [3.63, 3.8) is 0 Å². The van der Waals surface area contributed by atoms with Gasteiger partial charge in [0.15, 0.2) is 5.60 Å². The van der Waals surface area contributed by atoms with Crippen LogP contribution in [0.5, 0.6) is 0 Å². The van der Waals surface area contributed by atoms with E-state index in [1.54, 1.807) is 0 Å². The molecule has 0 spiro atoms. The summed E-state index contributed by atoms with van der Waals surface area (Å²) >= 11 is 0. The number of nitrogens with two attached hydrogens (primary N) is 1. The molecule has 0 aromatic heterocycles. The zero-order valence-corrected chi connectivity index (χ0v) is 10.7. The summed E-state index contributed by atoms with van der Waals surface area (Å²) in [5, 5.41) is 10.5. The van der Waals surface area contributed by atoms with Crippen LogP contribution in [-0.2, 0) is 9.53 Å². The van der Waals surface area contributed by atoms with Gasteiger partial charge in [0, 0.05) is 4.92 Å². The molecule has 0 atom stereocenters. The molecule has 0 bridgehead atoms. The Morgan fingerprint density at radius 2 is 1.94 bits per heavy atom. The fourth-order valence-electron chi connectivity index (χ4n) is 2.01. The standard InChI is InChI=1S/C9H16N2O4.BrH/c10-6-8(12)15-9(7-11(13)14)4-2-1-3-5-9;/h1-7,10H2;1H. The van der Waals surface area contributed by atoms with Crippen LogP contribution in [0, 0.1) is 10.1 Å². The molecule has 16 heavy (non-hydrogen) atoms. The molecule has 1 saturated carbocycles. The number of carbonyl (C=O) groups is 1. The molecule has 1 aliphatic carbocycles. The fraction of sp³-hybridized carbons (Fsp3) is 0.889. The summed E-state index contributed by atoms with van der Waals surface area (Å²) in [6.07, 6.45) is 3.91. The Bertz CT molecular complexity index is 254. The number of ether oxygens (including phenoxy) is 1. The average Bonchev–Trinajstić information content (AvgIpc) is 2.17. The number of hydrogen-bond donors (Lipinski definition) is 1. The molecule has 0 aliphatic heterocycles. The van der Waals surface area contributed by atoms with Gasteiger partial charge in [-0.25, -0.2) is 0 Å². The van der Waals surface area contributed by atoms with Gasteiger partial charge in [-0.15, -0.1) is 17.0 Å². The summed E-state index contributed by atoms with van der Waals surface area (Å²) in [5.74, 6) is -0.557. The van der Waals surface area contributed by atoms with Crippen LogP contribution >= 0.6 is 17.0 Å². The first-order valence-electron chi connectivity index (χ1n) is 5.12. The molecule has 0 aromatic carbocycles. The number of esters is 1. The van der Waals surface area contributed by atoms with E-state index in [2.05, 4.69) is 0 Å². The maximum atomic E-state index is 11.1. The van der Waals surface area contributed by atoms with Crippen LogP contribution in [0.2, 0.25) is 0 Å². The molecule has 1 rings (SSSR count). The van der Waals surface area contributed by atoms with Gasteiger partial charge < -0.3 is 10.5 Å². The summed E-state index contributed by atoms with van der Waals surface area (Å²) in [6, 6.07) is 0. The number of nitro groups is 1. The van der Waals surface area contributed by atoms with Gasteiger partial charge in [-0.05, 0) is 25.7 Å². The Balaban J connectivity index is 0.00000225. The smallest absolute Gasteiger partial charge is 0.320 e. The van der Waals surface area contributed by atoms with E-state index >= 15 is 0 Å². The minimum atomic E-state index is -0.905. The molecule has 0 unspecified atom stereocenters. The van der Waals surface area contributed by atoms with Crippen molar-refractivity contribution < 1.29 is 14.5 Å². The predicted molar refractivity (Wildman–Crippen MR) is 63.1 cm³/mol. The number of rotatable bonds is 4.